The Balaban J connectivity index is 2.16. The van der Waals surface area contributed by atoms with Crippen LogP contribution in [0.15, 0.2) is 36.5 Å². The zero-order valence-electron chi connectivity index (χ0n) is 11.2. The lowest BCUT2D eigenvalue weighted by Crippen LogP contribution is -1.98. The number of rotatable bonds is 5. The van der Waals surface area contributed by atoms with E-state index in [1.807, 2.05) is 6.92 Å². The molecule has 0 aliphatic rings. The van der Waals surface area contributed by atoms with Crippen LogP contribution in [0.4, 0.5) is 5.69 Å². The van der Waals surface area contributed by atoms with Crippen LogP contribution < -0.4 is 4.74 Å². The van der Waals surface area contributed by atoms with Gasteiger partial charge in [-0.05, 0) is 24.6 Å². The molecule has 1 aromatic heterocycles. The number of nitro benzene ring substituents is 1. The molecule has 0 aliphatic carbocycles. The van der Waals surface area contributed by atoms with E-state index in [0.29, 0.717) is 23.6 Å². The van der Waals surface area contributed by atoms with Crippen molar-refractivity contribution in [2.24, 2.45) is 0 Å². The number of aliphatic hydroxyl groups is 1. The summed E-state index contributed by atoms with van der Waals surface area (Å²) < 4.78 is 5.51. The fourth-order valence-corrected chi connectivity index (χ4v) is 1.88. The van der Waals surface area contributed by atoms with Gasteiger partial charge in [-0.15, -0.1) is 0 Å². The third-order valence-electron chi connectivity index (χ3n) is 2.84. The number of aromatic nitrogens is 1. The van der Waals surface area contributed by atoms with Gasteiger partial charge in [-0.3, -0.25) is 15.1 Å². The van der Waals surface area contributed by atoms with Crippen LogP contribution in [0.3, 0.4) is 0 Å². The smallest absolute Gasteiger partial charge is 0.271 e. The Bertz CT molecular complexity index is 646. The summed E-state index contributed by atoms with van der Waals surface area (Å²) in [6.07, 6.45) is 1.43. The van der Waals surface area contributed by atoms with Crippen LogP contribution in [0.5, 0.6) is 11.5 Å². The highest BCUT2D eigenvalue weighted by atomic mass is 35.5. The average molecular weight is 309 g/mol. The molecule has 2 rings (SSSR count). The molecular weight excluding hydrogens is 296 g/mol. The van der Waals surface area contributed by atoms with E-state index in [9.17, 15) is 15.2 Å². The van der Waals surface area contributed by atoms with Gasteiger partial charge in [-0.2, -0.15) is 0 Å². The van der Waals surface area contributed by atoms with Crippen LogP contribution in [0.1, 0.15) is 25.1 Å². The standard InChI is InChI=1S/C14H13ClN2O4/c1-2-13(18)12-5-4-10(8-16-12)21-14-6-3-9(17(19)20)7-11(14)15/h3-8,13,18H,2H2,1H3/t13-/m0/s1. The number of hydrogen-bond donors (Lipinski definition) is 1. The SMILES string of the molecule is CC[C@H](O)c1ccc(Oc2ccc([N+](=O)[O-])cc2Cl)cn1. The van der Waals surface area contributed by atoms with E-state index >= 15 is 0 Å². The number of pyridine rings is 1. The van der Waals surface area contributed by atoms with Crippen molar-refractivity contribution >= 4 is 17.3 Å². The Labute approximate surface area is 126 Å². The number of aliphatic hydroxyl groups excluding tert-OH is 1. The fraction of sp³-hybridized carbons (Fsp3) is 0.214. The van der Waals surface area contributed by atoms with Crippen molar-refractivity contribution in [2.75, 3.05) is 0 Å². The Morgan fingerprint density at radius 1 is 1.43 bits per heavy atom. The van der Waals surface area contributed by atoms with Gasteiger partial charge >= 0.3 is 0 Å². The molecule has 1 N–H and O–H groups in total. The second-order valence-corrected chi connectivity index (χ2v) is 4.72. The van der Waals surface area contributed by atoms with E-state index in [1.54, 1.807) is 12.1 Å². The normalized spacial score (nSPS) is 12.0. The topological polar surface area (TPSA) is 85.5 Å². The van der Waals surface area contributed by atoms with Crippen molar-refractivity contribution in [3.8, 4) is 11.5 Å². The predicted molar refractivity (Wildman–Crippen MR) is 77.7 cm³/mol. The summed E-state index contributed by atoms with van der Waals surface area (Å²) in [4.78, 5) is 14.2. The second-order valence-electron chi connectivity index (χ2n) is 4.32. The molecule has 0 fully saturated rings. The molecule has 2 aromatic rings. The van der Waals surface area contributed by atoms with Gasteiger partial charge in [-0.1, -0.05) is 18.5 Å². The number of hydrogen-bond acceptors (Lipinski definition) is 5. The van der Waals surface area contributed by atoms with Gasteiger partial charge < -0.3 is 9.84 Å². The molecule has 110 valence electrons. The summed E-state index contributed by atoms with van der Waals surface area (Å²) in [5, 5.41) is 20.4. The number of nitrogens with zero attached hydrogens (tertiary/aromatic N) is 2. The van der Waals surface area contributed by atoms with Gasteiger partial charge in [0.1, 0.15) is 11.5 Å². The van der Waals surface area contributed by atoms with Crippen LogP contribution in [0.25, 0.3) is 0 Å². The summed E-state index contributed by atoms with van der Waals surface area (Å²) in [6.45, 7) is 1.85. The quantitative estimate of drug-likeness (QED) is 0.669. The third-order valence-corrected chi connectivity index (χ3v) is 3.14. The number of benzene rings is 1. The maximum absolute atomic E-state index is 10.6. The summed E-state index contributed by atoms with van der Waals surface area (Å²) in [5.41, 5.74) is 0.450. The molecule has 1 heterocycles. The van der Waals surface area contributed by atoms with E-state index in [4.69, 9.17) is 16.3 Å². The van der Waals surface area contributed by atoms with Gasteiger partial charge in [0.15, 0.2) is 0 Å². The first-order valence-electron chi connectivity index (χ1n) is 6.27. The van der Waals surface area contributed by atoms with Gasteiger partial charge in [0.2, 0.25) is 0 Å². The minimum absolute atomic E-state index is 0.105. The Morgan fingerprint density at radius 2 is 2.19 bits per heavy atom. The first-order valence-corrected chi connectivity index (χ1v) is 6.65. The first kappa shape index (κ1) is 15.2. The number of non-ortho nitro benzene ring substituents is 1. The maximum atomic E-state index is 10.6. The molecular formula is C14H13ClN2O4. The molecule has 0 radical (unpaired) electrons. The minimum atomic E-state index is -0.609. The summed E-state index contributed by atoms with van der Waals surface area (Å²) >= 11 is 5.94. The van der Waals surface area contributed by atoms with Crippen molar-refractivity contribution in [3.63, 3.8) is 0 Å². The van der Waals surface area contributed by atoms with Crippen LogP contribution >= 0.6 is 11.6 Å². The van der Waals surface area contributed by atoms with Crippen molar-refractivity contribution in [3.05, 3.63) is 57.4 Å². The van der Waals surface area contributed by atoms with Crippen LogP contribution in [-0.2, 0) is 0 Å². The van der Waals surface area contributed by atoms with Crippen molar-refractivity contribution < 1.29 is 14.8 Å². The van der Waals surface area contributed by atoms with Crippen LogP contribution in [0.2, 0.25) is 5.02 Å². The molecule has 0 amide bonds. The maximum Gasteiger partial charge on any atom is 0.271 e. The number of halogens is 1. The monoisotopic (exact) mass is 308 g/mol. The molecule has 6 nitrogen and oxygen atoms in total. The largest absolute Gasteiger partial charge is 0.454 e. The van der Waals surface area contributed by atoms with Gasteiger partial charge in [0.25, 0.3) is 5.69 Å². The lowest BCUT2D eigenvalue weighted by molar-refractivity contribution is -0.384. The molecule has 0 saturated heterocycles. The molecule has 0 spiro atoms. The highest BCUT2D eigenvalue weighted by Gasteiger charge is 2.12. The Kier molecular flexibility index (Phi) is 4.72. The van der Waals surface area contributed by atoms with E-state index in [-0.39, 0.29) is 10.7 Å². The molecule has 1 aromatic carbocycles. The molecule has 1 atom stereocenters. The zero-order chi connectivity index (χ0) is 15.4. The van der Waals surface area contributed by atoms with Crippen LogP contribution in [-0.4, -0.2) is 15.0 Å². The zero-order valence-corrected chi connectivity index (χ0v) is 11.9. The Hall–Kier alpha value is -2.18. The third kappa shape index (κ3) is 3.68. The predicted octanol–water partition coefficient (Wildman–Crippen LogP) is 3.88. The molecule has 21 heavy (non-hydrogen) atoms. The lowest BCUT2D eigenvalue weighted by Gasteiger charge is -2.09. The number of ether oxygens (including phenoxy) is 1. The van der Waals surface area contributed by atoms with Gasteiger partial charge in [-0.25, -0.2) is 0 Å². The van der Waals surface area contributed by atoms with E-state index in [0.717, 1.165) is 0 Å². The summed E-state index contributed by atoms with van der Waals surface area (Å²) in [5.74, 6) is 0.727. The fourth-order valence-electron chi connectivity index (χ4n) is 1.67. The van der Waals surface area contributed by atoms with E-state index in [1.165, 1.54) is 24.4 Å². The Morgan fingerprint density at radius 3 is 2.71 bits per heavy atom. The van der Waals surface area contributed by atoms with Crippen molar-refractivity contribution in [1.29, 1.82) is 0 Å². The van der Waals surface area contributed by atoms with Crippen LogP contribution in [0, 0.1) is 10.1 Å². The highest BCUT2D eigenvalue weighted by molar-refractivity contribution is 6.32. The van der Waals surface area contributed by atoms with Gasteiger partial charge in [0.05, 0.1) is 27.9 Å². The lowest BCUT2D eigenvalue weighted by atomic mass is 10.2. The van der Waals surface area contributed by atoms with E-state index < -0.39 is 11.0 Å². The first-order chi connectivity index (χ1) is 10.0. The molecule has 0 bridgehead atoms. The summed E-state index contributed by atoms with van der Waals surface area (Å²) in [7, 11) is 0. The minimum Gasteiger partial charge on any atom is -0.454 e. The highest BCUT2D eigenvalue weighted by Crippen LogP contribution is 2.32. The molecule has 0 unspecified atom stereocenters. The number of nitro groups is 1. The average Bonchev–Trinajstić information content (AvgIpc) is 2.49. The van der Waals surface area contributed by atoms with Gasteiger partial charge in [0, 0.05) is 12.1 Å². The summed E-state index contributed by atoms with van der Waals surface area (Å²) in [6, 6.07) is 7.26. The van der Waals surface area contributed by atoms with E-state index in [2.05, 4.69) is 4.98 Å². The molecule has 7 heteroatoms. The second kappa shape index (κ2) is 6.51. The van der Waals surface area contributed by atoms with Crippen molar-refractivity contribution in [1.82, 2.24) is 4.98 Å². The molecule has 0 aliphatic heterocycles. The van der Waals surface area contributed by atoms with Crippen molar-refractivity contribution in [2.45, 2.75) is 19.4 Å². The molecule has 0 saturated carbocycles.